The van der Waals surface area contributed by atoms with E-state index in [1.807, 2.05) is 0 Å². The van der Waals surface area contributed by atoms with E-state index in [-0.39, 0.29) is 11.8 Å². The summed E-state index contributed by atoms with van der Waals surface area (Å²) in [6, 6.07) is 10.8. The smallest absolute Gasteiger partial charge is 0.223 e. The molecular weight excluding hydrogens is 272 g/mol. The molecule has 22 heavy (non-hydrogen) atoms. The van der Waals surface area contributed by atoms with Gasteiger partial charge in [0, 0.05) is 12.5 Å². The Morgan fingerprint density at radius 1 is 1.09 bits per heavy atom. The van der Waals surface area contributed by atoms with Crippen LogP contribution in [0.2, 0.25) is 0 Å². The van der Waals surface area contributed by atoms with Crippen molar-refractivity contribution in [2.24, 2.45) is 11.8 Å². The second kappa shape index (κ2) is 7.77. The maximum absolute atomic E-state index is 12.3. The van der Waals surface area contributed by atoms with Crippen LogP contribution in [0.5, 0.6) is 0 Å². The van der Waals surface area contributed by atoms with Crippen LogP contribution in [0.25, 0.3) is 0 Å². The first-order valence-electron chi connectivity index (χ1n) is 8.86. The van der Waals surface area contributed by atoms with Gasteiger partial charge in [-0.15, -0.1) is 0 Å². The van der Waals surface area contributed by atoms with Crippen LogP contribution in [0.15, 0.2) is 30.3 Å². The minimum absolute atomic E-state index is 0.238. The fraction of sp³-hybridized carbons (Fsp3) is 0.632. The zero-order valence-corrected chi connectivity index (χ0v) is 13.4. The molecule has 2 fully saturated rings. The van der Waals surface area contributed by atoms with Gasteiger partial charge in [-0.05, 0) is 69.0 Å². The van der Waals surface area contributed by atoms with Crippen molar-refractivity contribution in [1.82, 2.24) is 10.6 Å². The number of benzene rings is 1. The highest BCUT2D eigenvalue weighted by atomic mass is 16.1. The lowest BCUT2D eigenvalue weighted by atomic mass is 9.78. The van der Waals surface area contributed by atoms with Gasteiger partial charge in [0.1, 0.15) is 0 Å². The molecule has 1 saturated carbocycles. The zero-order chi connectivity index (χ0) is 15.2. The molecule has 1 saturated heterocycles. The molecule has 120 valence electrons. The summed E-state index contributed by atoms with van der Waals surface area (Å²) in [5, 5.41) is 6.55. The Balaban J connectivity index is 1.38. The van der Waals surface area contributed by atoms with Gasteiger partial charge in [-0.3, -0.25) is 4.79 Å². The Hall–Kier alpha value is -1.35. The number of hydrogen-bond acceptors (Lipinski definition) is 2. The van der Waals surface area contributed by atoms with Crippen molar-refractivity contribution in [2.75, 3.05) is 19.6 Å². The molecule has 1 aromatic rings. The van der Waals surface area contributed by atoms with Crippen LogP contribution in [-0.2, 0) is 4.79 Å². The first kappa shape index (κ1) is 15.5. The summed E-state index contributed by atoms with van der Waals surface area (Å²) in [5.74, 6) is 1.93. The van der Waals surface area contributed by atoms with Gasteiger partial charge >= 0.3 is 0 Å². The standard InChI is InChI=1S/C19H28N2O/c22-19(21-13-11-15-10-12-20-14-15)18-8-6-17(7-9-18)16-4-2-1-3-5-16/h1-5,15,17-18,20H,6-14H2,(H,21,22). The third kappa shape index (κ3) is 4.10. The lowest BCUT2D eigenvalue weighted by Crippen LogP contribution is -2.34. The van der Waals surface area contributed by atoms with Crippen LogP contribution in [-0.4, -0.2) is 25.5 Å². The molecule has 3 heteroatoms. The number of rotatable bonds is 5. The van der Waals surface area contributed by atoms with E-state index in [4.69, 9.17) is 0 Å². The maximum atomic E-state index is 12.3. The molecule has 0 radical (unpaired) electrons. The lowest BCUT2D eigenvalue weighted by molar-refractivity contribution is -0.126. The highest BCUT2D eigenvalue weighted by molar-refractivity contribution is 5.78. The normalized spacial score (nSPS) is 28.5. The summed E-state index contributed by atoms with van der Waals surface area (Å²) in [4.78, 5) is 12.3. The van der Waals surface area contributed by atoms with Crippen molar-refractivity contribution >= 4 is 5.91 Å². The van der Waals surface area contributed by atoms with E-state index in [2.05, 4.69) is 41.0 Å². The van der Waals surface area contributed by atoms with Crippen LogP contribution in [0.4, 0.5) is 0 Å². The molecule has 1 aromatic carbocycles. The van der Waals surface area contributed by atoms with Crippen molar-refractivity contribution in [1.29, 1.82) is 0 Å². The zero-order valence-electron chi connectivity index (χ0n) is 13.4. The first-order valence-corrected chi connectivity index (χ1v) is 8.86. The second-order valence-corrected chi connectivity index (χ2v) is 6.90. The summed E-state index contributed by atoms with van der Waals surface area (Å²) in [6.45, 7) is 3.12. The van der Waals surface area contributed by atoms with Gasteiger partial charge in [-0.1, -0.05) is 30.3 Å². The molecule has 0 bridgehead atoms. The minimum Gasteiger partial charge on any atom is -0.356 e. The molecular formula is C19H28N2O. The van der Waals surface area contributed by atoms with Crippen molar-refractivity contribution < 1.29 is 4.79 Å². The van der Waals surface area contributed by atoms with E-state index < -0.39 is 0 Å². The van der Waals surface area contributed by atoms with Crippen LogP contribution in [0.3, 0.4) is 0 Å². The molecule has 3 nitrogen and oxygen atoms in total. The lowest BCUT2D eigenvalue weighted by Gasteiger charge is -2.28. The van der Waals surface area contributed by atoms with Gasteiger partial charge in [0.25, 0.3) is 0 Å². The van der Waals surface area contributed by atoms with E-state index in [9.17, 15) is 4.79 Å². The Morgan fingerprint density at radius 2 is 1.86 bits per heavy atom. The maximum Gasteiger partial charge on any atom is 0.223 e. The van der Waals surface area contributed by atoms with Crippen LogP contribution >= 0.6 is 0 Å². The SMILES string of the molecule is O=C(NCCC1CCNC1)C1CCC(c2ccccc2)CC1. The van der Waals surface area contributed by atoms with E-state index in [1.54, 1.807) is 0 Å². The molecule has 1 unspecified atom stereocenters. The number of nitrogens with one attached hydrogen (secondary N) is 2. The van der Waals surface area contributed by atoms with Crippen molar-refractivity contribution in [3.8, 4) is 0 Å². The van der Waals surface area contributed by atoms with Gasteiger partial charge in [-0.25, -0.2) is 0 Å². The van der Waals surface area contributed by atoms with Gasteiger partial charge < -0.3 is 10.6 Å². The topological polar surface area (TPSA) is 41.1 Å². The fourth-order valence-electron chi connectivity index (χ4n) is 3.92. The van der Waals surface area contributed by atoms with E-state index >= 15 is 0 Å². The Labute approximate surface area is 133 Å². The second-order valence-electron chi connectivity index (χ2n) is 6.90. The predicted octanol–water partition coefficient (Wildman–Crippen LogP) is 3.08. The Morgan fingerprint density at radius 3 is 2.55 bits per heavy atom. The third-order valence-electron chi connectivity index (χ3n) is 5.38. The quantitative estimate of drug-likeness (QED) is 0.877. The molecule has 1 heterocycles. The van der Waals surface area contributed by atoms with Gasteiger partial charge in [0.15, 0.2) is 0 Å². The predicted molar refractivity (Wildman–Crippen MR) is 89.7 cm³/mol. The fourth-order valence-corrected chi connectivity index (χ4v) is 3.92. The third-order valence-corrected chi connectivity index (χ3v) is 5.38. The summed E-state index contributed by atoms with van der Waals surface area (Å²) >= 11 is 0. The van der Waals surface area contributed by atoms with Gasteiger partial charge in [0.2, 0.25) is 5.91 Å². The molecule has 1 atom stereocenters. The highest BCUT2D eigenvalue weighted by Crippen LogP contribution is 2.35. The molecule has 1 aliphatic carbocycles. The molecule has 2 N–H and O–H groups in total. The van der Waals surface area contributed by atoms with Crippen molar-refractivity contribution in [3.63, 3.8) is 0 Å². The van der Waals surface area contributed by atoms with Gasteiger partial charge in [-0.2, -0.15) is 0 Å². The number of hydrogen-bond donors (Lipinski definition) is 2. The van der Waals surface area contributed by atoms with E-state index in [0.717, 1.165) is 57.7 Å². The van der Waals surface area contributed by atoms with E-state index in [1.165, 1.54) is 12.0 Å². The van der Waals surface area contributed by atoms with Crippen LogP contribution in [0, 0.1) is 11.8 Å². The molecule has 1 amide bonds. The molecule has 3 rings (SSSR count). The monoisotopic (exact) mass is 300 g/mol. The average Bonchev–Trinajstić information content (AvgIpc) is 3.09. The molecule has 2 aliphatic rings. The molecule has 1 aliphatic heterocycles. The van der Waals surface area contributed by atoms with Crippen LogP contribution in [0.1, 0.15) is 50.0 Å². The number of carbonyl (C=O) groups excluding carboxylic acids is 1. The summed E-state index contributed by atoms with van der Waals surface area (Å²) < 4.78 is 0. The summed E-state index contributed by atoms with van der Waals surface area (Å²) in [7, 11) is 0. The average molecular weight is 300 g/mol. The highest BCUT2D eigenvalue weighted by Gasteiger charge is 2.27. The summed E-state index contributed by atoms with van der Waals surface area (Å²) in [6.07, 6.45) is 6.76. The van der Waals surface area contributed by atoms with Gasteiger partial charge in [0.05, 0.1) is 0 Å². The minimum atomic E-state index is 0.238. The Bertz CT molecular complexity index is 460. The summed E-state index contributed by atoms with van der Waals surface area (Å²) in [5.41, 5.74) is 1.44. The van der Waals surface area contributed by atoms with Crippen molar-refractivity contribution in [3.05, 3.63) is 35.9 Å². The Kier molecular flexibility index (Phi) is 5.49. The largest absolute Gasteiger partial charge is 0.356 e. The number of amides is 1. The molecule has 0 spiro atoms. The van der Waals surface area contributed by atoms with Crippen LogP contribution < -0.4 is 10.6 Å². The molecule has 0 aromatic heterocycles. The number of carbonyl (C=O) groups is 1. The first-order chi connectivity index (χ1) is 10.8. The van der Waals surface area contributed by atoms with E-state index in [0.29, 0.717) is 5.92 Å². The van der Waals surface area contributed by atoms with Crippen molar-refractivity contribution in [2.45, 2.75) is 44.4 Å².